The van der Waals surface area contributed by atoms with Gasteiger partial charge in [-0.05, 0) is 17.7 Å². The van der Waals surface area contributed by atoms with E-state index in [1.165, 1.54) is 0 Å². The van der Waals surface area contributed by atoms with Gasteiger partial charge in [-0.1, -0.05) is 30.3 Å². The second-order valence-electron chi connectivity index (χ2n) is 5.26. The molecule has 0 radical (unpaired) electrons. The number of nitrogens with one attached hydrogen (secondary N) is 2. The Morgan fingerprint density at radius 3 is 2.46 bits per heavy atom. The third-order valence-corrected chi connectivity index (χ3v) is 3.49. The maximum Gasteiger partial charge on any atom is 0.353 e. The number of anilines is 3. The Hall–Kier alpha value is -3.62. The molecule has 9 heteroatoms. The van der Waals surface area contributed by atoms with Gasteiger partial charge < -0.3 is 10.6 Å². The van der Waals surface area contributed by atoms with E-state index in [0.29, 0.717) is 12.6 Å². The van der Waals surface area contributed by atoms with Crippen molar-refractivity contribution >= 4 is 23.0 Å². The van der Waals surface area contributed by atoms with Crippen LogP contribution in [0.15, 0.2) is 54.9 Å². The highest BCUT2D eigenvalue weighted by atomic mass is 19.1. The molecule has 1 heterocycles. The number of hydrogen-bond acceptors (Lipinski definition) is 6. The van der Waals surface area contributed by atoms with Crippen LogP contribution in [0.2, 0.25) is 0 Å². The van der Waals surface area contributed by atoms with Crippen molar-refractivity contribution in [3.05, 3.63) is 82.2 Å². The molecule has 132 valence electrons. The molecule has 2 N–H and O–H groups in total. The van der Waals surface area contributed by atoms with E-state index in [1.54, 1.807) is 0 Å². The lowest BCUT2D eigenvalue weighted by Crippen LogP contribution is -2.08. The zero-order chi connectivity index (χ0) is 18.5. The molecule has 0 bridgehead atoms. The van der Waals surface area contributed by atoms with Crippen molar-refractivity contribution < 1.29 is 13.7 Å². The summed E-state index contributed by atoms with van der Waals surface area (Å²) in [4.78, 5) is 18.5. The van der Waals surface area contributed by atoms with Gasteiger partial charge in [0, 0.05) is 12.6 Å². The van der Waals surface area contributed by atoms with Crippen molar-refractivity contribution in [2.45, 2.75) is 6.54 Å². The lowest BCUT2D eigenvalue weighted by Gasteiger charge is -2.10. The van der Waals surface area contributed by atoms with E-state index in [4.69, 9.17) is 0 Å². The molecule has 0 aliphatic carbocycles. The first-order valence-electron chi connectivity index (χ1n) is 7.54. The number of halogens is 2. The van der Waals surface area contributed by atoms with Crippen molar-refractivity contribution in [3.8, 4) is 0 Å². The van der Waals surface area contributed by atoms with Gasteiger partial charge in [-0.3, -0.25) is 10.1 Å². The molecule has 0 fully saturated rings. The van der Waals surface area contributed by atoms with Crippen LogP contribution in [0, 0.1) is 21.7 Å². The fourth-order valence-corrected chi connectivity index (χ4v) is 2.27. The lowest BCUT2D eigenvalue weighted by molar-refractivity contribution is -0.383. The van der Waals surface area contributed by atoms with Crippen LogP contribution in [0.4, 0.5) is 31.8 Å². The zero-order valence-electron chi connectivity index (χ0n) is 13.3. The van der Waals surface area contributed by atoms with Crippen LogP contribution in [-0.2, 0) is 6.54 Å². The van der Waals surface area contributed by atoms with E-state index in [2.05, 4.69) is 20.6 Å². The fourth-order valence-electron chi connectivity index (χ4n) is 2.27. The number of aromatic nitrogens is 2. The highest BCUT2D eigenvalue weighted by Crippen LogP contribution is 2.32. The maximum absolute atomic E-state index is 13.8. The van der Waals surface area contributed by atoms with Crippen LogP contribution >= 0.6 is 0 Å². The third kappa shape index (κ3) is 3.89. The normalized spacial score (nSPS) is 10.4. The van der Waals surface area contributed by atoms with E-state index in [1.807, 2.05) is 30.3 Å². The second-order valence-corrected chi connectivity index (χ2v) is 5.26. The summed E-state index contributed by atoms with van der Waals surface area (Å²) in [6.07, 6.45) is 1.12. The minimum absolute atomic E-state index is 0.0149. The van der Waals surface area contributed by atoms with Gasteiger partial charge in [-0.25, -0.2) is 18.7 Å². The van der Waals surface area contributed by atoms with Gasteiger partial charge in [0.2, 0.25) is 11.6 Å². The minimum Gasteiger partial charge on any atom is -0.360 e. The topological polar surface area (TPSA) is 93.0 Å². The number of rotatable bonds is 6. The second kappa shape index (κ2) is 7.51. The van der Waals surface area contributed by atoms with Crippen molar-refractivity contribution in [3.63, 3.8) is 0 Å². The van der Waals surface area contributed by atoms with Gasteiger partial charge in [-0.2, -0.15) is 0 Å². The molecule has 7 nitrogen and oxygen atoms in total. The summed E-state index contributed by atoms with van der Waals surface area (Å²) in [6.45, 7) is 0.309. The Balaban J connectivity index is 1.89. The number of nitrogens with zero attached hydrogens (tertiary/aromatic N) is 3. The van der Waals surface area contributed by atoms with E-state index < -0.39 is 22.2 Å². The molecule has 0 aliphatic rings. The first-order chi connectivity index (χ1) is 12.5. The van der Waals surface area contributed by atoms with Crippen LogP contribution in [-0.4, -0.2) is 14.9 Å². The first kappa shape index (κ1) is 17.2. The van der Waals surface area contributed by atoms with Crippen LogP contribution < -0.4 is 10.6 Å². The number of benzene rings is 2. The summed E-state index contributed by atoms with van der Waals surface area (Å²) in [7, 11) is 0. The molecule has 1 aromatic heterocycles. The van der Waals surface area contributed by atoms with E-state index in [-0.39, 0.29) is 17.3 Å². The first-order valence-corrected chi connectivity index (χ1v) is 7.54. The van der Waals surface area contributed by atoms with Crippen molar-refractivity contribution in [1.29, 1.82) is 0 Å². The Morgan fingerprint density at radius 1 is 1.04 bits per heavy atom. The Bertz CT molecular complexity index is 938. The molecule has 3 aromatic rings. The third-order valence-electron chi connectivity index (χ3n) is 3.49. The fraction of sp³-hybridized carbons (Fsp3) is 0.0588. The molecule has 0 unspecified atom stereocenters. The standard InChI is InChI=1S/C17H13F2N5O2/c18-12-6-7-14(13(19)8-12)23-17-15(24(25)26)16(21-10-22-17)20-9-11-4-2-1-3-5-11/h1-8,10H,9H2,(H2,20,21,22,23). The predicted octanol–water partition coefficient (Wildman–Crippen LogP) is 4.02. The minimum atomic E-state index is -0.892. The summed E-state index contributed by atoms with van der Waals surface area (Å²) in [5, 5.41) is 16.9. The largest absolute Gasteiger partial charge is 0.360 e. The van der Waals surface area contributed by atoms with Crippen molar-refractivity contribution in [2.75, 3.05) is 10.6 Å². The quantitative estimate of drug-likeness (QED) is 0.511. The highest BCUT2D eigenvalue weighted by molar-refractivity contribution is 5.73. The van der Waals surface area contributed by atoms with Crippen LogP contribution in [0.3, 0.4) is 0 Å². The average molecular weight is 357 g/mol. The number of hydrogen-bond donors (Lipinski definition) is 2. The van der Waals surface area contributed by atoms with E-state index in [9.17, 15) is 18.9 Å². The summed E-state index contributed by atoms with van der Waals surface area (Å²) in [5.74, 6) is -1.86. The molecular formula is C17H13F2N5O2. The summed E-state index contributed by atoms with van der Waals surface area (Å²) in [6, 6.07) is 12.1. The molecule has 26 heavy (non-hydrogen) atoms. The van der Waals surface area contributed by atoms with E-state index in [0.717, 1.165) is 24.0 Å². The molecule has 0 aliphatic heterocycles. The van der Waals surface area contributed by atoms with Gasteiger partial charge in [0.15, 0.2) is 0 Å². The van der Waals surface area contributed by atoms with Crippen LogP contribution in [0.1, 0.15) is 5.56 Å². The molecule has 0 spiro atoms. The molecular weight excluding hydrogens is 344 g/mol. The van der Waals surface area contributed by atoms with Crippen LogP contribution in [0.25, 0.3) is 0 Å². The van der Waals surface area contributed by atoms with Gasteiger partial charge in [0.05, 0.1) is 10.6 Å². The van der Waals surface area contributed by atoms with E-state index >= 15 is 0 Å². The van der Waals surface area contributed by atoms with Gasteiger partial charge in [0.1, 0.15) is 18.0 Å². The molecule has 3 rings (SSSR count). The Kier molecular flexibility index (Phi) is 4.97. The Morgan fingerprint density at radius 2 is 1.77 bits per heavy atom. The summed E-state index contributed by atoms with van der Waals surface area (Å²) in [5.41, 5.74) is 0.328. The van der Waals surface area contributed by atoms with Gasteiger partial charge >= 0.3 is 5.69 Å². The molecule has 0 amide bonds. The lowest BCUT2D eigenvalue weighted by atomic mass is 10.2. The summed E-state index contributed by atoms with van der Waals surface area (Å²) >= 11 is 0. The SMILES string of the molecule is O=[N+]([O-])c1c(NCc2ccccc2)ncnc1Nc1ccc(F)cc1F. The van der Waals surface area contributed by atoms with Crippen molar-refractivity contribution in [2.24, 2.45) is 0 Å². The summed E-state index contributed by atoms with van der Waals surface area (Å²) < 4.78 is 26.8. The molecule has 2 aromatic carbocycles. The smallest absolute Gasteiger partial charge is 0.353 e. The maximum atomic E-state index is 13.8. The average Bonchev–Trinajstić information content (AvgIpc) is 2.63. The Labute approximate surface area is 146 Å². The van der Waals surface area contributed by atoms with Crippen molar-refractivity contribution in [1.82, 2.24) is 9.97 Å². The monoisotopic (exact) mass is 357 g/mol. The molecule has 0 saturated heterocycles. The molecule has 0 saturated carbocycles. The molecule has 0 atom stereocenters. The highest BCUT2D eigenvalue weighted by Gasteiger charge is 2.23. The van der Waals surface area contributed by atoms with Gasteiger partial charge in [0.25, 0.3) is 0 Å². The van der Waals surface area contributed by atoms with Gasteiger partial charge in [-0.15, -0.1) is 0 Å². The predicted molar refractivity (Wildman–Crippen MR) is 92.1 cm³/mol. The van der Waals surface area contributed by atoms with Crippen LogP contribution in [0.5, 0.6) is 0 Å². The zero-order valence-corrected chi connectivity index (χ0v) is 13.3. The number of nitro groups is 1.